The van der Waals surface area contributed by atoms with Crippen LogP contribution in [-0.2, 0) is 6.18 Å². The molecule has 1 radical (unpaired) electrons. The lowest BCUT2D eigenvalue weighted by Crippen LogP contribution is -2.52. The lowest BCUT2D eigenvalue weighted by atomic mass is 9.86. The fourth-order valence-corrected chi connectivity index (χ4v) is 5.19. The van der Waals surface area contributed by atoms with Crippen LogP contribution in [0.3, 0.4) is 0 Å². The monoisotopic (exact) mass is 390 g/mol. The summed E-state index contributed by atoms with van der Waals surface area (Å²) in [7, 11) is 0. The molecule has 0 unspecified atom stereocenters. The molecule has 0 N–H and O–H groups in total. The molecule has 0 aromatic heterocycles. The van der Waals surface area contributed by atoms with Crippen molar-refractivity contribution < 1.29 is 17.7 Å². The fourth-order valence-electron chi connectivity index (χ4n) is 5.19. The SMILES string of the molecule is FC(F)(F)c1cccc(C2=C[N@+](CC3CCCCC3)(C3CCCCC3)[C]=N2)c1. The minimum absolute atomic E-state index is 0.461. The van der Waals surface area contributed by atoms with E-state index in [0.717, 1.165) is 25.5 Å². The molecule has 5 heteroatoms. The van der Waals surface area contributed by atoms with Gasteiger partial charge < -0.3 is 0 Å². The van der Waals surface area contributed by atoms with Crippen LogP contribution in [0.4, 0.5) is 13.2 Å². The summed E-state index contributed by atoms with van der Waals surface area (Å²) < 4.78 is 40.0. The zero-order valence-corrected chi connectivity index (χ0v) is 16.3. The molecule has 1 aliphatic heterocycles. The first kappa shape index (κ1) is 19.7. The van der Waals surface area contributed by atoms with Gasteiger partial charge in [-0.25, -0.2) is 4.48 Å². The van der Waals surface area contributed by atoms with Crippen LogP contribution in [0.1, 0.15) is 75.3 Å². The van der Waals surface area contributed by atoms with E-state index in [1.165, 1.54) is 63.5 Å². The Hall–Kier alpha value is -1.62. The predicted octanol–water partition coefficient (Wildman–Crippen LogP) is 6.65. The summed E-state index contributed by atoms with van der Waals surface area (Å²) in [5, 5.41) is 0. The Bertz CT molecular complexity index is 740. The van der Waals surface area contributed by atoms with Gasteiger partial charge >= 0.3 is 12.5 Å². The lowest BCUT2D eigenvalue weighted by Gasteiger charge is -2.40. The standard InChI is InChI=1S/C23H29F3N2/c24-23(25,26)20-11-7-10-19(14-20)22-16-28(17-27-22,21-12-5-2-6-13-21)15-18-8-3-1-4-9-18/h7,10-11,14,16,18,21H,1-6,8-9,12-13,15H2/q+1/t28-/m0/s1. The summed E-state index contributed by atoms with van der Waals surface area (Å²) in [5.74, 6) is 0.662. The van der Waals surface area contributed by atoms with Crippen LogP contribution in [0, 0.1) is 5.92 Å². The average molecular weight is 390 g/mol. The Kier molecular flexibility index (Phi) is 5.64. The van der Waals surface area contributed by atoms with Crippen LogP contribution in [-0.4, -0.2) is 23.4 Å². The van der Waals surface area contributed by atoms with E-state index in [-0.39, 0.29) is 0 Å². The zero-order chi connectivity index (χ0) is 19.6. The number of alkyl halides is 3. The molecule has 3 aliphatic rings. The molecule has 0 saturated heterocycles. The molecule has 2 aliphatic carbocycles. The normalized spacial score (nSPS) is 27.2. The van der Waals surface area contributed by atoms with E-state index in [0.29, 0.717) is 27.7 Å². The smallest absolute Gasteiger partial charge is 0.237 e. The third-order valence-electron chi connectivity index (χ3n) is 6.71. The number of aliphatic imine (C=N–C) groups is 1. The van der Waals surface area contributed by atoms with E-state index in [9.17, 15) is 13.2 Å². The molecule has 28 heavy (non-hydrogen) atoms. The molecule has 2 saturated carbocycles. The van der Waals surface area contributed by atoms with E-state index in [2.05, 4.69) is 17.5 Å². The highest BCUT2D eigenvalue weighted by atomic mass is 19.4. The Balaban J connectivity index is 1.64. The van der Waals surface area contributed by atoms with Crippen LogP contribution in [0.25, 0.3) is 5.70 Å². The minimum atomic E-state index is -4.33. The van der Waals surface area contributed by atoms with Crippen LogP contribution in [0.2, 0.25) is 0 Å². The van der Waals surface area contributed by atoms with Crippen molar-refractivity contribution in [2.24, 2.45) is 10.9 Å². The number of halogens is 3. The predicted molar refractivity (Wildman–Crippen MR) is 105 cm³/mol. The van der Waals surface area contributed by atoms with Gasteiger partial charge in [0.15, 0.2) is 0 Å². The van der Waals surface area contributed by atoms with Gasteiger partial charge in [-0.05, 0) is 37.8 Å². The van der Waals surface area contributed by atoms with E-state index in [1.807, 2.05) is 0 Å². The summed E-state index contributed by atoms with van der Waals surface area (Å²) >= 11 is 0. The number of quaternary nitrogens is 1. The quantitative estimate of drug-likeness (QED) is 0.510. The summed E-state index contributed by atoms with van der Waals surface area (Å²) in [4.78, 5) is 4.54. The molecule has 151 valence electrons. The average Bonchev–Trinajstić information content (AvgIpc) is 3.14. The summed E-state index contributed by atoms with van der Waals surface area (Å²) in [6, 6.07) is 6.01. The number of rotatable bonds is 4. The van der Waals surface area contributed by atoms with Gasteiger partial charge in [-0.1, -0.05) is 37.8 Å². The van der Waals surface area contributed by atoms with E-state index in [1.54, 1.807) is 6.07 Å². The van der Waals surface area contributed by atoms with Crippen LogP contribution in [0.15, 0.2) is 35.5 Å². The van der Waals surface area contributed by atoms with Crippen LogP contribution >= 0.6 is 0 Å². The molecule has 1 aromatic carbocycles. The second-order valence-electron chi connectivity index (χ2n) is 8.71. The van der Waals surface area contributed by atoms with Crippen molar-refractivity contribution >= 4 is 12.0 Å². The Morgan fingerprint density at radius 2 is 1.64 bits per heavy atom. The van der Waals surface area contributed by atoms with Gasteiger partial charge in [0.2, 0.25) is 0 Å². The van der Waals surface area contributed by atoms with Gasteiger partial charge in [-0.3, -0.25) is 0 Å². The lowest BCUT2D eigenvalue weighted by molar-refractivity contribution is -0.813. The summed E-state index contributed by atoms with van der Waals surface area (Å²) in [6.45, 7) is 0.997. The topological polar surface area (TPSA) is 12.4 Å². The van der Waals surface area contributed by atoms with Crippen molar-refractivity contribution in [3.05, 3.63) is 41.6 Å². The molecule has 1 atom stereocenters. The highest BCUT2D eigenvalue weighted by Gasteiger charge is 2.42. The van der Waals surface area contributed by atoms with Crippen molar-refractivity contribution in [3.8, 4) is 0 Å². The second kappa shape index (κ2) is 8.02. The largest absolute Gasteiger partial charge is 0.416 e. The van der Waals surface area contributed by atoms with Gasteiger partial charge in [-0.2, -0.15) is 18.2 Å². The third-order valence-corrected chi connectivity index (χ3v) is 6.71. The summed E-state index contributed by atoms with van der Waals surface area (Å²) in [6.07, 6.45) is 13.6. The van der Waals surface area contributed by atoms with E-state index >= 15 is 0 Å². The maximum Gasteiger partial charge on any atom is 0.416 e. The highest BCUT2D eigenvalue weighted by molar-refractivity contribution is 5.75. The molecule has 0 amide bonds. The Morgan fingerprint density at radius 1 is 0.964 bits per heavy atom. The number of hydrogen-bond acceptors (Lipinski definition) is 1. The molecule has 4 rings (SSSR count). The van der Waals surface area contributed by atoms with Crippen molar-refractivity contribution in [1.29, 1.82) is 0 Å². The first-order valence-electron chi connectivity index (χ1n) is 10.7. The molecule has 0 spiro atoms. The molecule has 1 heterocycles. The van der Waals surface area contributed by atoms with Gasteiger partial charge in [0, 0.05) is 24.3 Å². The van der Waals surface area contributed by atoms with E-state index < -0.39 is 11.7 Å². The summed E-state index contributed by atoms with van der Waals surface area (Å²) in [5.41, 5.74) is 0.574. The first-order chi connectivity index (χ1) is 13.5. The molecule has 0 bridgehead atoms. The Labute approximate surface area is 165 Å². The van der Waals surface area contributed by atoms with Gasteiger partial charge in [0.1, 0.15) is 11.9 Å². The van der Waals surface area contributed by atoms with Crippen LogP contribution in [0.5, 0.6) is 0 Å². The molecular weight excluding hydrogens is 361 g/mol. The van der Waals surface area contributed by atoms with Gasteiger partial charge in [0.25, 0.3) is 0 Å². The van der Waals surface area contributed by atoms with Gasteiger partial charge in [0.05, 0.1) is 18.2 Å². The minimum Gasteiger partial charge on any atom is -0.237 e. The maximum atomic E-state index is 13.1. The highest BCUT2D eigenvalue weighted by Crippen LogP contribution is 2.38. The van der Waals surface area contributed by atoms with Crippen LogP contribution < -0.4 is 0 Å². The molecule has 1 aromatic rings. The van der Waals surface area contributed by atoms with Crippen molar-refractivity contribution in [2.45, 2.75) is 76.4 Å². The van der Waals surface area contributed by atoms with Crippen molar-refractivity contribution in [2.75, 3.05) is 6.54 Å². The maximum absolute atomic E-state index is 13.1. The molecule has 2 nitrogen and oxygen atoms in total. The first-order valence-corrected chi connectivity index (χ1v) is 10.7. The number of benzene rings is 1. The number of nitrogens with zero attached hydrogens (tertiary/aromatic N) is 2. The van der Waals surface area contributed by atoms with Crippen molar-refractivity contribution in [1.82, 2.24) is 0 Å². The van der Waals surface area contributed by atoms with E-state index in [4.69, 9.17) is 0 Å². The van der Waals surface area contributed by atoms with Gasteiger partial charge in [-0.15, -0.1) is 0 Å². The fraction of sp³-hybridized carbons (Fsp3) is 0.609. The second-order valence-corrected chi connectivity index (χ2v) is 8.71. The third kappa shape index (κ3) is 4.19. The van der Waals surface area contributed by atoms with Crippen molar-refractivity contribution in [3.63, 3.8) is 0 Å². The molecular formula is C23H29F3N2+. The Morgan fingerprint density at radius 3 is 2.32 bits per heavy atom. The number of hydrogen-bond donors (Lipinski definition) is 0. The molecule has 2 fully saturated rings. The zero-order valence-electron chi connectivity index (χ0n) is 16.3.